The van der Waals surface area contributed by atoms with Crippen LogP contribution >= 0.6 is 22.7 Å². The van der Waals surface area contributed by atoms with Crippen LogP contribution in [0.5, 0.6) is 0 Å². The number of alkyl halides is 2. The Morgan fingerprint density at radius 3 is 1.86 bits per heavy atom. The van der Waals surface area contributed by atoms with Gasteiger partial charge >= 0.3 is 12.0 Å². The first-order valence-electron chi connectivity index (χ1n) is 15.6. The number of hydrogen-bond acceptors (Lipinski definition) is 7. The van der Waals surface area contributed by atoms with Gasteiger partial charge < -0.3 is 0 Å². The minimum absolute atomic E-state index is 0.240. The molecule has 3 aromatic heterocycles. The van der Waals surface area contributed by atoms with Crippen LogP contribution in [-0.2, 0) is 28.9 Å². The highest BCUT2D eigenvalue weighted by molar-refractivity contribution is 7.58. The minimum atomic E-state index is -3.49. The number of nitrogens with zero attached hydrogens (tertiary/aromatic N) is 7. The molecule has 0 atom stereocenters. The van der Waals surface area contributed by atoms with Gasteiger partial charge in [0, 0.05) is 15.8 Å². The first kappa shape index (κ1) is 28.5. The summed E-state index contributed by atoms with van der Waals surface area (Å²) in [6.45, 7) is 0. The van der Waals surface area contributed by atoms with Crippen LogP contribution < -0.4 is 14.5 Å². The zero-order valence-electron chi connectivity index (χ0n) is 25.4. The molecule has 4 aromatic carbocycles. The fourth-order valence-electron chi connectivity index (χ4n) is 6.95. The summed E-state index contributed by atoms with van der Waals surface area (Å²) in [5, 5.41) is 0.426. The molecule has 0 N–H and O–H groups in total. The van der Waals surface area contributed by atoms with Gasteiger partial charge in [-0.25, -0.2) is 4.57 Å². The van der Waals surface area contributed by atoms with Crippen molar-refractivity contribution in [1.29, 1.82) is 0 Å². The van der Waals surface area contributed by atoms with Crippen LogP contribution in [0.15, 0.2) is 132 Å². The quantitative estimate of drug-likeness (QED) is 0.128. The molecular weight excluding hydrogens is 709 g/mol. The molecule has 7 heterocycles. The Morgan fingerprint density at radius 1 is 0.600 bits per heavy atom. The summed E-state index contributed by atoms with van der Waals surface area (Å²) in [5.74, 6) is 0.481. The summed E-state index contributed by atoms with van der Waals surface area (Å²) in [6.07, 6.45) is -3.49. The molecule has 0 spiro atoms. The number of halogens is 2. The van der Waals surface area contributed by atoms with E-state index in [1.165, 1.54) is 22.7 Å². The zero-order chi connectivity index (χ0) is 33.1. The first-order chi connectivity index (χ1) is 24.5. The van der Waals surface area contributed by atoms with E-state index in [0.29, 0.717) is 22.0 Å². The Labute approximate surface area is 297 Å². The first-order valence-corrected chi connectivity index (χ1v) is 18.7. The van der Waals surface area contributed by atoms with Crippen LogP contribution in [0.2, 0.25) is 0 Å². The zero-order valence-corrected chi connectivity index (χ0v) is 28.7. The second-order valence-corrected chi connectivity index (χ2v) is 15.2. The van der Waals surface area contributed by atoms with E-state index in [-0.39, 0.29) is 11.7 Å². The number of aromatic nitrogens is 1. The van der Waals surface area contributed by atoms with Crippen molar-refractivity contribution in [3.8, 4) is 32.0 Å². The van der Waals surface area contributed by atoms with Crippen molar-refractivity contribution in [2.75, 3.05) is 0 Å². The maximum Gasteiger partial charge on any atom is 0.500 e. The molecule has 11 rings (SSSR count). The highest BCUT2D eigenvalue weighted by atomic mass is 32.1. The second kappa shape index (κ2) is 10.3. The highest BCUT2D eigenvalue weighted by Gasteiger charge is 2.56. The van der Waals surface area contributed by atoms with Gasteiger partial charge in [-0.15, -0.1) is 36.0 Å². The molecule has 0 amide bonds. The molecule has 7 nitrogen and oxygen atoms in total. The summed E-state index contributed by atoms with van der Waals surface area (Å²) in [4.78, 5) is 6.91. The van der Waals surface area contributed by atoms with Gasteiger partial charge in [0.2, 0.25) is 0 Å². The van der Waals surface area contributed by atoms with Crippen molar-refractivity contribution in [3.63, 3.8) is 0 Å². The average Bonchev–Trinajstić information content (AvgIpc) is 3.98. The number of amidine groups is 1. The molecule has 7 aromatic rings. The SMILES string of the molecule is FC1(F)n2c(c(-c3ccccc3)c3sc(-c4ccc5c(c4)N=S=N5)cc32)N=C2C(c3ccccc3)=c3sc(-c4ccc5c(c4)N=S=N5)cc3=[N+]21. The van der Waals surface area contributed by atoms with Crippen LogP contribution in [-0.4, -0.2) is 10.4 Å². The number of rotatable bonds is 4. The third-order valence-corrected chi connectivity index (χ3v) is 12.7. The second-order valence-electron chi connectivity index (χ2n) is 12.0. The number of aliphatic imine (C=N–C) groups is 1. The molecule has 0 bridgehead atoms. The van der Waals surface area contributed by atoms with Gasteiger partial charge in [0.15, 0.2) is 5.36 Å². The third kappa shape index (κ3) is 3.96. The van der Waals surface area contributed by atoms with Crippen molar-refractivity contribution >= 4 is 95.6 Å². The molecule has 0 fully saturated rings. The van der Waals surface area contributed by atoms with Gasteiger partial charge in [-0.2, -0.15) is 17.5 Å². The summed E-state index contributed by atoms with van der Waals surface area (Å²) in [7, 11) is 0. The molecule has 238 valence electrons. The van der Waals surface area contributed by atoms with Gasteiger partial charge in [0.25, 0.3) is 5.82 Å². The van der Waals surface area contributed by atoms with Crippen molar-refractivity contribution in [2.45, 2.75) is 6.17 Å². The Bertz CT molecular complexity index is 2980. The van der Waals surface area contributed by atoms with Gasteiger partial charge in [0.05, 0.1) is 48.6 Å². The molecule has 0 aliphatic carbocycles. The van der Waals surface area contributed by atoms with E-state index < -0.39 is 6.17 Å². The molecule has 0 radical (unpaired) electrons. The van der Waals surface area contributed by atoms with E-state index in [1.54, 1.807) is 0 Å². The number of hydrogen-bond donors (Lipinski definition) is 0. The Kier molecular flexibility index (Phi) is 5.89. The largest absolute Gasteiger partial charge is 0.500 e. The van der Waals surface area contributed by atoms with Crippen LogP contribution in [0.25, 0.3) is 47.8 Å². The molecule has 0 unspecified atom stereocenters. The number of fused-ring (bicyclic) bond motifs is 7. The monoisotopic (exact) mass is 726 g/mol. The summed E-state index contributed by atoms with van der Waals surface area (Å²) in [6, 6.07) is 34.9. The van der Waals surface area contributed by atoms with Gasteiger partial charge in [-0.3, -0.25) is 0 Å². The van der Waals surface area contributed by atoms with Crippen LogP contribution in [0, 0.1) is 0 Å². The number of benzene rings is 4. The Morgan fingerprint density at radius 2 is 1.20 bits per heavy atom. The lowest BCUT2D eigenvalue weighted by Gasteiger charge is -2.22. The lowest BCUT2D eigenvalue weighted by atomic mass is 10.1. The van der Waals surface area contributed by atoms with E-state index in [4.69, 9.17) is 4.99 Å². The van der Waals surface area contributed by atoms with E-state index >= 15 is 8.78 Å². The van der Waals surface area contributed by atoms with Crippen molar-refractivity contribution < 1.29 is 8.78 Å². The molecule has 50 heavy (non-hydrogen) atoms. The average molecular weight is 727 g/mol. The Balaban J connectivity index is 1.20. The van der Waals surface area contributed by atoms with Gasteiger partial charge in [-0.05, 0) is 57.6 Å². The van der Waals surface area contributed by atoms with E-state index in [0.717, 1.165) is 95.8 Å². The predicted octanol–water partition coefficient (Wildman–Crippen LogP) is 10.2. The van der Waals surface area contributed by atoms with Crippen LogP contribution in [0.4, 0.5) is 37.3 Å². The smallest absolute Gasteiger partial charge is 0.202 e. The van der Waals surface area contributed by atoms with E-state index in [9.17, 15) is 0 Å². The van der Waals surface area contributed by atoms with Crippen molar-refractivity contribution in [1.82, 2.24) is 9.14 Å². The molecule has 0 saturated carbocycles. The molecule has 4 aliphatic rings. The van der Waals surface area contributed by atoms with Gasteiger partial charge in [0.1, 0.15) is 22.7 Å². The molecule has 4 aliphatic heterocycles. The minimum Gasteiger partial charge on any atom is -0.202 e. The Hall–Kier alpha value is -5.34. The maximum atomic E-state index is 17.7. The summed E-state index contributed by atoms with van der Waals surface area (Å²) >= 11 is 5.29. The van der Waals surface area contributed by atoms with E-state index in [2.05, 4.69) is 17.5 Å². The highest BCUT2D eigenvalue weighted by Crippen LogP contribution is 2.52. The molecular formula is C37H18F2N7S4+. The van der Waals surface area contributed by atoms with Crippen LogP contribution in [0.1, 0.15) is 5.56 Å². The summed E-state index contributed by atoms with van der Waals surface area (Å²) < 4.78 is 56.6. The third-order valence-electron chi connectivity index (χ3n) is 9.18. The predicted molar refractivity (Wildman–Crippen MR) is 200 cm³/mol. The fraction of sp³-hybridized carbons (Fsp3) is 0.0270. The fourth-order valence-corrected chi connectivity index (χ4v) is 10.4. The number of thiophene rings is 2. The van der Waals surface area contributed by atoms with Gasteiger partial charge in [-0.1, -0.05) is 72.8 Å². The van der Waals surface area contributed by atoms with Crippen molar-refractivity contribution in [3.05, 3.63) is 125 Å². The lowest BCUT2D eigenvalue weighted by Crippen LogP contribution is -2.50. The van der Waals surface area contributed by atoms with E-state index in [1.807, 2.05) is 109 Å². The maximum absolute atomic E-state index is 17.7. The standard InChI is InChI=1S/C37H18F2N7S4/c38-37(39)45-27-17-29(21-11-13-23-25(15-21)43-49-41-23)47-33(27)31(19-7-3-1-4-8-19)35(45)40-36-32(20-9-5-2-6-10-20)34-28(46(36)37)18-30(48-34)22-12-14-24-26(16-22)44-50-42-24/h1-18H/q+1. The topological polar surface area (TPSA) is 69.7 Å². The lowest BCUT2D eigenvalue weighted by molar-refractivity contribution is -0.112. The normalized spacial score (nSPS) is 15.8. The molecule has 13 heteroatoms. The van der Waals surface area contributed by atoms with Crippen LogP contribution in [0.3, 0.4) is 0 Å². The summed E-state index contributed by atoms with van der Waals surface area (Å²) in [5.41, 5.74) is 8.46. The molecule has 0 saturated heterocycles. The van der Waals surface area contributed by atoms with Crippen molar-refractivity contribution in [2.24, 2.45) is 22.4 Å².